The maximum atomic E-state index is 3.78. The summed E-state index contributed by atoms with van der Waals surface area (Å²) in [5.41, 5.74) is 0. The first-order valence-electron chi connectivity index (χ1n) is 5.80. The van der Waals surface area contributed by atoms with Gasteiger partial charge in [-0.1, -0.05) is 19.4 Å². The van der Waals surface area contributed by atoms with E-state index in [-0.39, 0.29) is 0 Å². The van der Waals surface area contributed by atoms with E-state index in [2.05, 4.69) is 41.2 Å². The fraction of sp³-hybridized carbons (Fsp3) is 0.462. The molecule has 0 saturated carbocycles. The van der Waals surface area contributed by atoms with Crippen molar-refractivity contribution in [3.63, 3.8) is 0 Å². The Kier molecular flexibility index (Phi) is 6.07. The van der Waals surface area contributed by atoms with Gasteiger partial charge in [0, 0.05) is 38.4 Å². The quantitative estimate of drug-likeness (QED) is 0.779. The number of rotatable bonds is 3. The summed E-state index contributed by atoms with van der Waals surface area (Å²) in [4.78, 5) is 8.31. The molecule has 1 aromatic rings. The third-order valence-electron chi connectivity index (χ3n) is 2.30. The summed E-state index contributed by atoms with van der Waals surface area (Å²) in [6.45, 7) is 4.50. The van der Waals surface area contributed by atoms with Crippen LogP contribution < -0.4 is 0 Å². The van der Waals surface area contributed by atoms with E-state index in [9.17, 15) is 0 Å². The zero-order valence-electron chi connectivity index (χ0n) is 10.2. The summed E-state index contributed by atoms with van der Waals surface area (Å²) in [5.74, 6) is 0. The first-order valence-corrected chi connectivity index (χ1v) is 5.80. The summed E-state index contributed by atoms with van der Waals surface area (Å²) in [7, 11) is 2.10. The molecule has 0 aromatic carbocycles. The Morgan fingerprint density at radius 2 is 1.88 bits per heavy atom. The van der Waals surface area contributed by atoms with Gasteiger partial charge in [0.2, 0.25) is 0 Å². The minimum atomic E-state index is 1.07. The Labute approximate surface area is 98.4 Å². The molecular weight excluding hydrogens is 198 g/mol. The monoisotopic (exact) mass is 219 g/mol. The highest BCUT2D eigenvalue weighted by Gasteiger charge is 2.05. The number of pyridine rings is 1. The lowest BCUT2D eigenvalue weighted by atomic mass is 10.3. The van der Waals surface area contributed by atoms with E-state index in [1.165, 1.54) is 19.4 Å². The van der Waals surface area contributed by atoms with Crippen molar-refractivity contribution >= 4 is 0 Å². The second-order valence-corrected chi connectivity index (χ2v) is 3.89. The predicted molar refractivity (Wildman–Crippen MR) is 67.6 cm³/mol. The van der Waals surface area contributed by atoms with E-state index < -0.39 is 0 Å². The summed E-state index contributed by atoms with van der Waals surface area (Å²) in [6.07, 6.45) is 10.4. The molecule has 0 amide bonds. The van der Waals surface area contributed by atoms with Crippen molar-refractivity contribution < 1.29 is 0 Å². The van der Waals surface area contributed by atoms with Gasteiger partial charge < -0.3 is 9.80 Å². The highest BCUT2D eigenvalue weighted by atomic mass is 15.3. The highest BCUT2D eigenvalue weighted by Crippen LogP contribution is 2.04. The average molecular weight is 219 g/mol. The summed E-state index contributed by atoms with van der Waals surface area (Å²) in [6, 6.07) is 5.72. The molecule has 1 aliphatic rings. The molecule has 88 valence electrons. The van der Waals surface area contributed by atoms with Crippen LogP contribution in [0.25, 0.3) is 0 Å². The van der Waals surface area contributed by atoms with Gasteiger partial charge in [-0.3, -0.25) is 4.98 Å². The number of unbranched alkanes of at least 4 members (excludes halogenated alkanes) is 1. The highest BCUT2D eigenvalue weighted by molar-refractivity contribution is 4.88. The summed E-state index contributed by atoms with van der Waals surface area (Å²) in [5, 5.41) is 0. The number of aromatic nitrogens is 1. The van der Waals surface area contributed by atoms with Crippen LogP contribution in [0.3, 0.4) is 0 Å². The topological polar surface area (TPSA) is 19.4 Å². The van der Waals surface area contributed by atoms with Crippen LogP contribution in [-0.4, -0.2) is 35.0 Å². The largest absolute Gasteiger partial charge is 0.362 e. The minimum absolute atomic E-state index is 1.07. The maximum Gasteiger partial charge on any atom is 0.0890 e. The van der Waals surface area contributed by atoms with Gasteiger partial charge in [0.15, 0.2) is 0 Å². The molecule has 1 aliphatic heterocycles. The standard InChI is InChI=1S/C8H16N2.C5H5N/c1-3-4-5-10-7-6-9(2)8-10;1-2-4-6-5-3-1/h6-7H,3-5,8H2,1-2H3;1-5H. The molecule has 16 heavy (non-hydrogen) atoms. The van der Waals surface area contributed by atoms with E-state index in [1.54, 1.807) is 12.4 Å². The predicted octanol–water partition coefficient (Wildman–Crippen LogP) is 2.54. The smallest absolute Gasteiger partial charge is 0.0890 e. The molecule has 0 bridgehead atoms. The van der Waals surface area contributed by atoms with Gasteiger partial charge in [-0.15, -0.1) is 0 Å². The second kappa shape index (κ2) is 7.74. The summed E-state index contributed by atoms with van der Waals surface area (Å²) >= 11 is 0. The van der Waals surface area contributed by atoms with Crippen molar-refractivity contribution in [2.75, 3.05) is 20.3 Å². The normalized spacial score (nSPS) is 13.6. The Morgan fingerprint density at radius 1 is 1.12 bits per heavy atom. The molecule has 3 heteroatoms. The number of hydrogen-bond acceptors (Lipinski definition) is 3. The Bertz CT molecular complexity index is 258. The molecule has 0 spiro atoms. The third kappa shape index (κ3) is 5.39. The average Bonchev–Trinajstić information content (AvgIpc) is 2.76. The van der Waals surface area contributed by atoms with Crippen LogP contribution in [0.5, 0.6) is 0 Å². The van der Waals surface area contributed by atoms with Gasteiger partial charge in [0.05, 0.1) is 6.67 Å². The zero-order valence-corrected chi connectivity index (χ0v) is 10.2. The molecule has 0 N–H and O–H groups in total. The first-order chi connectivity index (χ1) is 7.83. The van der Waals surface area contributed by atoms with Crippen molar-refractivity contribution in [1.82, 2.24) is 14.8 Å². The van der Waals surface area contributed by atoms with Gasteiger partial charge in [0.25, 0.3) is 0 Å². The molecule has 2 rings (SSSR count). The van der Waals surface area contributed by atoms with Crippen molar-refractivity contribution in [3.8, 4) is 0 Å². The third-order valence-corrected chi connectivity index (χ3v) is 2.30. The van der Waals surface area contributed by atoms with E-state index in [1.807, 2.05) is 18.2 Å². The van der Waals surface area contributed by atoms with Gasteiger partial charge in [-0.25, -0.2) is 0 Å². The van der Waals surface area contributed by atoms with Crippen molar-refractivity contribution in [1.29, 1.82) is 0 Å². The van der Waals surface area contributed by atoms with Crippen molar-refractivity contribution in [2.45, 2.75) is 19.8 Å². The van der Waals surface area contributed by atoms with Crippen LogP contribution in [0.2, 0.25) is 0 Å². The lowest BCUT2D eigenvalue weighted by Gasteiger charge is -2.17. The minimum Gasteiger partial charge on any atom is -0.362 e. The first kappa shape index (κ1) is 12.6. The zero-order chi connectivity index (χ0) is 11.6. The Hall–Kier alpha value is -1.51. The van der Waals surface area contributed by atoms with Crippen LogP contribution in [0.4, 0.5) is 0 Å². The molecule has 0 aliphatic carbocycles. The molecule has 0 fully saturated rings. The van der Waals surface area contributed by atoms with E-state index in [0.717, 1.165) is 6.67 Å². The molecule has 1 aromatic heterocycles. The Morgan fingerprint density at radius 3 is 2.25 bits per heavy atom. The second-order valence-electron chi connectivity index (χ2n) is 3.89. The van der Waals surface area contributed by atoms with E-state index in [4.69, 9.17) is 0 Å². The van der Waals surface area contributed by atoms with Gasteiger partial charge in [0.1, 0.15) is 0 Å². The Balaban J connectivity index is 0.000000181. The van der Waals surface area contributed by atoms with E-state index >= 15 is 0 Å². The molecule has 3 nitrogen and oxygen atoms in total. The van der Waals surface area contributed by atoms with Crippen LogP contribution in [0, 0.1) is 0 Å². The van der Waals surface area contributed by atoms with Gasteiger partial charge >= 0.3 is 0 Å². The van der Waals surface area contributed by atoms with Gasteiger partial charge in [-0.2, -0.15) is 0 Å². The lowest BCUT2D eigenvalue weighted by Crippen LogP contribution is -2.23. The van der Waals surface area contributed by atoms with Crippen LogP contribution >= 0.6 is 0 Å². The molecule has 0 radical (unpaired) electrons. The van der Waals surface area contributed by atoms with E-state index in [0.29, 0.717) is 0 Å². The molecule has 0 saturated heterocycles. The van der Waals surface area contributed by atoms with Crippen LogP contribution in [-0.2, 0) is 0 Å². The number of hydrogen-bond donors (Lipinski definition) is 0. The molecule has 2 heterocycles. The van der Waals surface area contributed by atoms with Crippen LogP contribution in [0.1, 0.15) is 19.8 Å². The van der Waals surface area contributed by atoms with Crippen molar-refractivity contribution in [3.05, 3.63) is 43.0 Å². The molecular formula is C13H21N3. The fourth-order valence-corrected chi connectivity index (χ4v) is 1.41. The molecule has 0 atom stereocenters. The maximum absolute atomic E-state index is 3.78. The number of nitrogens with zero attached hydrogens (tertiary/aromatic N) is 3. The fourth-order valence-electron chi connectivity index (χ4n) is 1.41. The van der Waals surface area contributed by atoms with Crippen molar-refractivity contribution in [2.24, 2.45) is 0 Å². The SMILES string of the molecule is CCCCN1C=CN(C)C1.c1ccncc1. The van der Waals surface area contributed by atoms with Crippen LogP contribution in [0.15, 0.2) is 43.0 Å². The lowest BCUT2D eigenvalue weighted by molar-refractivity contribution is 0.293. The van der Waals surface area contributed by atoms with Gasteiger partial charge in [-0.05, 0) is 18.6 Å². The summed E-state index contributed by atoms with van der Waals surface area (Å²) < 4.78 is 0. The molecule has 0 unspecified atom stereocenters.